The molecule has 0 N–H and O–H groups in total. The van der Waals surface area contributed by atoms with E-state index in [1.807, 2.05) is 0 Å². The van der Waals surface area contributed by atoms with Crippen LogP contribution in [-0.2, 0) is 0 Å². The largest absolute Gasteiger partial charge is 0.337 e. The summed E-state index contributed by atoms with van der Waals surface area (Å²) < 4.78 is 80.6. The number of carbonyl (C=O) groups is 2. The summed E-state index contributed by atoms with van der Waals surface area (Å²) in [5, 5.41) is 0. The minimum Gasteiger partial charge on any atom is -0.337 e. The molecule has 154 valence electrons. The van der Waals surface area contributed by atoms with Crippen LogP contribution in [0.3, 0.4) is 0 Å². The standard InChI is InChI=1S/C19H14F6N2O2/c20-12-4-2-10(14(22)16(12)24)18(28)26-6-1-7-27(9-8-26)19(29)11-3-5-13(21)17(25)15(11)23/h2-5H,1,6-9H2. The Morgan fingerprint density at radius 1 is 0.586 bits per heavy atom. The summed E-state index contributed by atoms with van der Waals surface area (Å²) in [7, 11) is 0. The van der Waals surface area contributed by atoms with Crippen molar-refractivity contribution < 1.29 is 35.9 Å². The minimum atomic E-state index is -1.77. The van der Waals surface area contributed by atoms with Crippen molar-refractivity contribution in [3.63, 3.8) is 0 Å². The van der Waals surface area contributed by atoms with Crippen LogP contribution < -0.4 is 0 Å². The highest BCUT2D eigenvalue weighted by Crippen LogP contribution is 2.20. The molecule has 0 atom stereocenters. The highest BCUT2D eigenvalue weighted by atomic mass is 19.2. The Morgan fingerprint density at radius 3 is 1.34 bits per heavy atom. The van der Waals surface area contributed by atoms with Crippen LogP contribution in [0, 0.1) is 34.9 Å². The maximum atomic E-state index is 13.9. The molecule has 1 aliphatic heterocycles. The minimum absolute atomic E-state index is 0.0707. The molecule has 0 spiro atoms. The van der Waals surface area contributed by atoms with Gasteiger partial charge in [0.05, 0.1) is 11.1 Å². The smallest absolute Gasteiger partial charge is 0.257 e. The number of hydrogen-bond donors (Lipinski definition) is 0. The first kappa shape index (κ1) is 20.7. The van der Waals surface area contributed by atoms with E-state index in [-0.39, 0.29) is 32.6 Å². The first-order valence-corrected chi connectivity index (χ1v) is 8.58. The molecule has 1 aliphatic rings. The van der Waals surface area contributed by atoms with E-state index >= 15 is 0 Å². The van der Waals surface area contributed by atoms with Gasteiger partial charge >= 0.3 is 0 Å². The van der Waals surface area contributed by atoms with Crippen molar-refractivity contribution in [2.24, 2.45) is 0 Å². The van der Waals surface area contributed by atoms with Crippen LogP contribution in [0.5, 0.6) is 0 Å². The van der Waals surface area contributed by atoms with Gasteiger partial charge in [-0.25, -0.2) is 26.3 Å². The Morgan fingerprint density at radius 2 is 0.966 bits per heavy atom. The average Bonchev–Trinajstić information content (AvgIpc) is 2.96. The molecule has 1 heterocycles. The molecule has 0 unspecified atom stereocenters. The van der Waals surface area contributed by atoms with Crippen LogP contribution in [0.15, 0.2) is 24.3 Å². The van der Waals surface area contributed by atoms with E-state index in [0.717, 1.165) is 21.9 Å². The SMILES string of the molecule is O=C(c1ccc(F)c(F)c1F)N1CCCN(C(=O)c2ccc(F)c(F)c2F)CC1. The number of halogens is 6. The second-order valence-corrected chi connectivity index (χ2v) is 6.38. The number of amides is 2. The normalized spacial score (nSPS) is 14.7. The number of nitrogens with zero attached hydrogens (tertiary/aromatic N) is 2. The predicted octanol–water partition coefficient (Wildman–Crippen LogP) is 3.51. The van der Waals surface area contributed by atoms with Crippen molar-refractivity contribution in [2.75, 3.05) is 26.2 Å². The van der Waals surface area contributed by atoms with Gasteiger partial charge in [-0.15, -0.1) is 0 Å². The molecule has 1 saturated heterocycles. The number of hydrogen-bond acceptors (Lipinski definition) is 2. The molecule has 4 nitrogen and oxygen atoms in total. The van der Waals surface area contributed by atoms with Crippen molar-refractivity contribution in [3.8, 4) is 0 Å². The van der Waals surface area contributed by atoms with E-state index in [2.05, 4.69) is 0 Å². The Kier molecular flexibility index (Phi) is 5.81. The molecule has 0 bridgehead atoms. The van der Waals surface area contributed by atoms with Crippen molar-refractivity contribution >= 4 is 11.8 Å². The first-order chi connectivity index (χ1) is 13.7. The van der Waals surface area contributed by atoms with Gasteiger partial charge in [-0.2, -0.15) is 0 Å². The molecule has 0 radical (unpaired) electrons. The van der Waals surface area contributed by atoms with Gasteiger partial charge in [-0.05, 0) is 30.7 Å². The molecule has 2 amide bonds. The first-order valence-electron chi connectivity index (χ1n) is 8.58. The Hall–Kier alpha value is -3.04. The van der Waals surface area contributed by atoms with Gasteiger partial charge in [0.25, 0.3) is 11.8 Å². The molecular formula is C19H14F6N2O2. The van der Waals surface area contributed by atoms with Crippen LogP contribution in [0.2, 0.25) is 0 Å². The molecule has 10 heteroatoms. The summed E-state index contributed by atoms with van der Waals surface area (Å²) in [4.78, 5) is 27.2. The maximum Gasteiger partial charge on any atom is 0.257 e. The van der Waals surface area contributed by atoms with Gasteiger partial charge in [0.15, 0.2) is 34.9 Å². The van der Waals surface area contributed by atoms with E-state index in [9.17, 15) is 35.9 Å². The molecule has 29 heavy (non-hydrogen) atoms. The van der Waals surface area contributed by atoms with Crippen molar-refractivity contribution in [1.82, 2.24) is 9.80 Å². The van der Waals surface area contributed by atoms with Crippen LogP contribution >= 0.6 is 0 Å². The third-order valence-electron chi connectivity index (χ3n) is 4.60. The number of carbonyl (C=O) groups excluding carboxylic acids is 2. The predicted molar refractivity (Wildman–Crippen MR) is 89.1 cm³/mol. The lowest BCUT2D eigenvalue weighted by Gasteiger charge is -2.22. The summed E-state index contributed by atoms with van der Waals surface area (Å²) in [5.74, 6) is -11.4. The van der Waals surface area contributed by atoms with Crippen molar-refractivity contribution in [2.45, 2.75) is 6.42 Å². The third-order valence-corrected chi connectivity index (χ3v) is 4.60. The fraction of sp³-hybridized carbons (Fsp3) is 0.263. The summed E-state index contributed by atoms with van der Waals surface area (Å²) >= 11 is 0. The third kappa shape index (κ3) is 3.92. The molecular weight excluding hydrogens is 402 g/mol. The monoisotopic (exact) mass is 416 g/mol. The molecule has 3 rings (SSSR count). The van der Waals surface area contributed by atoms with Crippen molar-refractivity contribution in [3.05, 3.63) is 70.3 Å². The van der Waals surface area contributed by atoms with E-state index in [1.165, 1.54) is 0 Å². The van der Waals surface area contributed by atoms with Gasteiger partial charge in [0.2, 0.25) is 0 Å². The Labute approximate surface area is 161 Å². The zero-order valence-electron chi connectivity index (χ0n) is 14.8. The van der Waals surface area contributed by atoms with Gasteiger partial charge in [0, 0.05) is 26.2 Å². The van der Waals surface area contributed by atoms with Crippen LogP contribution in [0.1, 0.15) is 27.1 Å². The van der Waals surface area contributed by atoms with Crippen LogP contribution in [0.25, 0.3) is 0 Å². The lowest BCUT2D eigenvalue weighted by Crippen LogP contribution is -2.38. The molecule has 0 saturated carbocycles. The van der Waals surface area contributed by atoms with Crippen LogP contribution in [-0.4, -0.2) is 47.8 Å². The summed E-state index contributed by atoms with van der Waals surface area (Å²) in [6.07, 6.45) is 0.216. The highest BCUT2D eigenvalue weighted by Gasteiger charge is 2.28. The molecule has 2 aromatic rings. The molecule has 1 fully saturated rings. The quantitative estimate of drug-likeness (QED) is 0.556. The summed E-state index contributed by atoms with van der Waals surface area (Å²) in [5.41, 5.74) is -1.31. The average molecular weight is 416 g/mol. The zero-order valence-corrected chi connectivity index (χ0v) is 14.8. The van der Waals surface area contributed by atoms with Gasteiger partial charge < -0.3 is 9.80 Å². The van der Waals surface area contributed by atoms with E-state index < -0.39 is 57.8 Å². The van der Waals surface area contributed by atoms with Crippen molar-refractivity contribution in [1.29, 1.82) is 0 Å². The lowest BCUT2D eigenvalue weighted by atomic mass is 10.1. The Bertz CT molecular complexity index is 904. The Balaban J connectivity index is 1.75. The van der Waals surface area contributed by atoms with Gasteiger partial charge in [-0.3, -0.25) is 9.59 Å². The molecule has 2 aromatic carbocycles. The molecule has 0 aromatic heterocycles. The van der Waals surface area contributed by atoms with Gasteiger partial charge in [0.1, 0.15) is 0 Å². The summed E-state index contributed by atoms with van der Waals surface area (Å²) in [6.45, 7) is -0.0643. The lowest BCUT2D eigenvalue weighted by molar-refractivity contribution is 0.0712. The fourth-order valence-corrected chi connectivity index (χ4v) is 3.05. The maximum absolute atomic E-state index is 13.9. The van der Waals surface area contributed by atoms with E-state index in [4.69, 9.17) is 0 Å². The van der Waals surface area contributed by atoms with Gasteiger partial charge in [-0.1, -0.05) is 0 Å². The van der Waals surface area contributed by atoms with Crippen LogP contribution in [0.4, 0.5) is 26.3 Å². The van der Waals surface area contributed by atoms with E-state index in [0.29, 0.717) is 12.1 Å². The second-order valence-electron chi connectivity index (χ2n) is 6.38. The van der Waals surface area contributed by atoms with E-state index in [1.54, 1.807) is 0 Å². The molecule has 0 aliphatic carbocycles. The number of rotatable bonds is 2. The topological polar surface area (TPSA) is 40.6 Å². The number of benzene rings is 2. The fourth-order valence-electron chi connectivity index (χ4n) is 3.05. The second kappa shape index (κ2) is 8.14. The zero-order chi connectivity index (χ0) is 21.3. The summed E-state index contributed by atoms with van der Waals surface area (Å²) in [6, 6.07) is 2.90. The highest BCUT2D eigenvalue weighted by molar-refractivity contribution is 5.95.